The first kappa shape index (κ1) is 7.94. The molecule has 0 atom stereocenters. The molecule has 3 nitrogen and oxygen atoms in total. The van der Waals surface area contributed by atoms with Gasteiger partial charge in [-0.1, -0.05) is 11.6 Å². The molecule has 0 aromatic carbocycles. The van der Waals surface area contributed by atoms with Crippen LogP contribution >= 0.6 is 11.6 Å². The van der Waals surface area contributed by atoms with E-state index >= 15 is 0 Å². The molecular formula is C6H4ClFN2O. The van der Waals surface area contributed by atoms with Crippen LogP contribution in [0.2, 0.25) is 5.02 Å². The van der Waals surface area contributed by atoms with Gasteiger partial charge in [0.05, 0.1) is 11.2 Å². The zero-order valence-electron chi connectivity index (χ0n) is 5.34. The van der Waals surface area contributed by atoms with E-state index in [9.17, 15) is 9.18 Å². The van der Waals surface area contributed by atoms with E-state index in [4.69, 9.17) is 17.3 Å². The Morgan fingerprint density at radius 2 is 2.36 bits per heavy atom. The average molecular weight is 175 g/mol. The predicted molar refractivity (Wildman–Crippen MR) is 37.7 cm³/mol. The highest BCUT2D eigenvalue weighted by Crippen LogP contribution is 2.12. The zero-order valence-corrected chi connectivity index (χ0v) is 6.10. The van der Waals surface area contributed by atoms with Crippen LogP contribution in [0.4, 0.5) is 4.39 Å². The van der Waals surface area contributed by atoms with Crippen molar-refractivity contribution in [3.63, 3.8) is 0 Å². The summed E-state index contributed by atoms with van der Waals surface area (Å²) in [7, 11) is 0. The first-order chi connectivity index (χ1) is 5.11. The number of amides is 1. The Bertz CT molecular complexity index is 303. The van der Waals surface area contributed by atoms with Gasteiger partial charge in [-0.15, -0.1) is 0 Å². The third kappa shape index (κ3) is 1.65. The van der Waals surface area contributed by atoms with Gasteiger partial charge in [0, 0.05) is 0 Å². The molecule has 0 unspecified atom stereocenters. The van der Waals surface area contributed by atoms with Gasteiger partial charge in [-0.2, -0.15) is 0 Å². The van der Waals surface area contributed by atoms with Gasteiger partial charge in [0.2, 0.25) is 0 Å². The number of carbonyl (C=O) groups excluding carboxylic acids is 1. The van der Waals surface area contributed by atoms with E-state index in [2.05, 4.69) is 4.98 Å². The molecular weight excluding hydrogens is 171 g/mol. The zero-order chi connectivity index (χ0) is 8.43. The number of halogens is 2. The standard InChI is InChI=1S/C6H4ClFN2O/c7-3-1-5(6(9)11)10-2-4(3)8/h1-2H,(H2,9,11). The second-order valence-corrected chi connectivity index (χ2v) is 2.26. The lowest BCUT2D eigenvalue weighted by atomic mass is 10.3. The molecule has 1 aromatic heterocycles. The highest BCUT2D eigenvalue weighted by molar-refractivity contribution is 6.31. The molecule has 0 aliphatic heterocycles. The molecule has 1 rings (SSSR count). The van der Waals surface area contributed by atoms with Gasteiger partial charge in [0.15, 0.2) is 5.82 Å². The Morgan fingerprint density at radius 3 is 2.82 bits per heavy atom. The molecule has 0 radical (unpaired) electrons. The van der Waals surface area contributed by atoms with Gasteiger partial charge in [0.1, 0.15) is 5.69 Å². The number of nitrogens with zero attached hydrogens (tertiary/aromatic N) is 1. The lowest BCUT2D eigenvalue weighted by molar-refractivity contribution is 0.0995. The molecule has 0 aliphatic rings. The topological polar surface area (TPSA) is 56.0 Å². The molecule has 0 spiro atoms. The summed E-state index contributed by atoms with van der Waals surface area (Å²) < 4.78 is 12.4. The van der Waals surface area contributed by atoms with Crippen molar-refractivity contribution in [1.29, 1.82) is 0 Å². The van der Waals surface area contributed by atoms with Crippen molar-refractivity contribution in [2.45, 2.75) is 0 Å². The van der Waals surface area contributed by atoms with Crippen molar-refractivity contribution < 1.29 is 9.18 Å². The largest absolute Gasteiger partial charge is 0.364 e. The van der Waals surface area contributed by atoms with E-state index in [0.29, 0.717) is 0 Å². The molecule has 0 saturated heterocycles. The molecule has 0 bridgehead atoms. The smallest absolute Gasteiger partial charge is 0.267 e. The summed E-state index contributed by atoms with van der Waals surface area (Å²) in [5, 5.41) is -0.159. The second-order valence-electron chi connectivity index (χ2n) is 1.85. The van der Waals surface area contributed by atoms with Crippen LogP contribution in [-0.4, -0.2) is 10.9 Å². The van der Waals surface area contributed by atoms with Gasteiger partial charge in [0.25, 0.3) is 5.91 Å². The maximum Gasteiger partial charge on any atom is 0.267 e. The summed E-state index contributed by atoms with van der Waals surface area (Å²) >= 11 is 5.34. The first-order valence-electron chi connectivity index (χ1n) is 2.72. The van der Waals surface area contributed by atoms with E-state index < -0.39 is 11.7 Å². The second kappa shape index (κ2) is 2.84. The summed E-state index contributed by atoms with van der Waals surface area (Å²) in [6, 6.07) is 1.08. The minimum absolute atomic E-state index is 0.0450. The third-order valence-electron chi connectivity index (χ3n) is 1.06. The maximum absolute atomic E-state index is 12.4. The SMILES string of the molecule is NC(=O)c1cc(Cl)c(F)cn1. The molecule has 5 heteroatoms. The number of primary amides is 1. The number of hydrogen-bond acceptors (Lipinski definition) is 2. The number of carbonyl (C=O) groups is 1. The van der Waals surface area contributed by atoms with E-state index in [-0.39, 0.29) is 10.7 Å². The number of aromatic nitrogens is 1. The van der Waals surface area contributed by atoms with Crippen molar-refractivity contribution in [2.75, 3.05) is 0 Å². The normalized spacial score (nSPS) is 9.64. The summed E-state index contributed by atoms with van der Waals surface area (Å²) in [4.78, 5) is 13.8. The van der Waals surface area contributed by atoms with E-state index in [1.165, 1.54) is 0 Å². The van der Waals surface area contributed by atoms with E-state index in [1.807, 2.05) is 0 Å². The van der Waals surface area contributed by atoms with E-state index in [0.717, 1.165) is 12.3 Å². The summed E-state index contributed by atoms with van der Waals surface area (Å²) in [5.74, 6) is -1.40. The molecule has 1 amide bonds. The maximum atomic E-state index is 12.4. The summed E-state index contributed by atoms with van der Waals surface area (Å²) in [6.45, 7) is 0. The lowest BCUT2D eigenvalue weighted by Crippen LogP contribution is -2.12. The van der Waals surface area contributed by atoms with Crippen molar-refractivity contribution >= 4 is 17.5 Å². The number of pyridine rings is 1. The van der Waals surface area contributed by atoms with Crippen molar-refractivity contribution in [1.82, 2.24) is 4.98 Å². The molecule has 0 aliphatic carbocycles. The van der Waals surface area contributed by atoms with Crippen molar-refractivity contribution in [2.24, 2.45) is 5.73 Å². The van der Waals surface area contributed by atoms with Crippen LogP contribution in [0.5, 0.6) is 0 Å². The van der Waals surface area contributed by atoms with Gasteiger partial charge in [-0.3, -0.25) is 4.79 Å². The van der Waals surface area contributed by atoms with Gasteiger partial charge < -0.3 is 5.73 Å². The fourth-order valence-electron chi connectivity index (χ4n) is 0.549. The van der Waals surface area contributed by atoms with E-state index in [1.54, 1.807) is 0 Å². The van der Waals surface area contributed by atoms with Crippen LogP contribution < -0.4 is 5.73 Å². The minimum Gasteiger partial charge on any atom is -0.364 e. The highest BCUT2D eigenvalue weighted by atomic mass is 35.5. The predicted octanol–water partition coefficient (Wildman–Crippen LogP) is 0.973. The van der Waals surface area contributed by atoms with Gasteiger partial charge in [-0.05, 0) is 6.07 Å². The number of rotatable bonds is 1. The van der Waals surface area contributed by atoms with Crippen LogP contribution in [-0.2, 0) is 0 Å². The first-order valence-corrected chi connectivity index (χ1v) is 3.10. The van der Waals surface area contributed by atoms with Crippen LogP contribution in [0.3, 0.4) is 0 Å². The molecule has 1 heterocycles. The Kier molecular flexibility index (Phi) is 2.05. The Hall–Kier alpha value is -1.16. The van der Waals surface area contributed by atoms with Crippen molar-refractivity contribution in [3.8, 4) is 0 Å². The van der Waals surface area contributed by atoms with Gasteiger partial charge >= 0.3 is 0 Å². The van der Waals surface area contributed by atoms with Crippen LogP contribution in [0.15, 0.2) is 12.3 Å². The average Bonchev–Trinajstić information content (AvgIpc) is 1.94. The molecule has 0 fully saturated rings. The molecule has 0 saturated carbocycles. The third-order valence-corrected chi connectivity index (χ3v) is 1.35. The molecule has 2 N–H and O–H groups in total. The van der Waals surface area contributed by atoms with Gasteiger partial charge in [-0.25, -0.2) is 9.37 Å². The molecule has 58 valence electrons. The molecule has 1 aromatic rings. The Labute approximate surface area is 67.0 Å². The summed E-state index contributed by atoms with van der Waals surface area (Å²) in [6.07, 6.45) is 0.850. The van der Waals surface area contributed by atoms with Crippen LogP contribution in [0.25, 0.3) is 0 Å². The number of nitrogens with two attached hydrogens (primary N) is 1. The highest BCUT2D eigenvalue weighted by Gasteiger charge is 2.05. The fourth-order valence-corrected chi connectivity index (χ4v) is 0.701. The van der Waals surface area contributed by atoms with Crippen LogP contribution in [0.1, 0.15) is 10.5 Å². The Morgan fingerprint density at radius 1 is 1.73 bits per heavy atom. The quantitative estimate of drug-likeness (QED) is 0.690. The minimum atomic E-state index is -0.730. The fraction of sp³-hybridized carbons (Fsp3) is 0. The van der Waals surface area contributed by atoms with Crippen LogP contribution in [0, 0.1) is 5.82 Å². The lowest BCUT2D eigenvalue weighted by Gasteiger charge is -1.95. The van der Waals surface area contributed by atoms with Crippen molar-refractivity contribution in [3.05, 3.63) is 28.8 Å². The summed E-state index contributed by atoms with van der Waals surface area (Å²) in [5.41, 5.74) is 4.81. The monoisotopic (exact) mass is 174 g/mol. The number of hydrogen-bond donors (Lipinski definition) is 1. The molecule has 11 heavy (non-hydrogen) atoms. The Balaban J connectivity index is 3.15.